The van der Waals surface area contributed by atoms with Crippen LogP contribution in [0.1, 0.15) is 30.7 Å². The molecule has 8 heteroatoms. The summed E-state index contributed by atoms with van der Waals surface area (Å²) in [6.45, 7) is 1.98. The summed E-state index contributed by atoms with van der Waals surface area (Å²) in [5.41, 5.74) is 1.55. The van der Waals surface area contributed by atoms with Gasteiger partial charge in [-0.3, -0.25) is 19.3 Å². The fourth-order valence-electron chi connectivity index (χ4n) is 3.02. The third kappa shape index (κ3) is 5.14. The van der Waals surface area contributed by atoms with E-state index in [0.29, 0.717) is 5.69 Å². The zero-order chi connectivity index (χ0) is 20.8. The standard InChI is InChI=1S/C21H21FN2O4S/c1-2-28-20(27)11-10-18(25)23-15-7-5-6-14(12-15)21-24(19(26)13-29-21)17-9-4-3-8-16(17)22/h3-9,12,21H,2,10-11,13H2,1H3,(H,23,25)/t21-/m0/s1. The SMILES string of the molecule is CCOC(=O)CCC(=O)Nc1cccc([C@@H]2SCC(=O)N2c2ccccc2F)c1. The van der Waals surface area contributed by atoms with Crippen LogP contribution in [0.5, 0.6) is 0 Å². The number of halogens is 1. The van der Waals surface area contributed by atoms with Gasteiger partial charge in [-0.15, -0.1) is 11.8 Å². The monoisotopic (exact) mass is 416 g/mol. The number of nitrogens with zero attached hydrogens (tertiary/aromatic N) is 1. The van der Waals surface area contributed by atoms with Crippen molar-refractivity contribution >= 4 is 40.9 Å². The van der Waals surface area contributed by atoms with Crippen molar-refractivity contribution in [3.8, 4) is 0 Å². The van der Waals surface area contributed by atoms with Crippen LogP contribution in [0.15, 0.2) is 48.5 Å². The van der Waals surface area contributed by atoms with Gasteiger partial charge in [-0.25, -0.2) is 4.39 Å². The van der Waals surface area contributed by atoms with Crippen molar-refractivity contribution < 1.29 is 23.5 Å². The summed E-state index contributed by atoms with van der Waals surface area (Å²) in [5, 5.41) is 2.35. The number of thioether (sulfide) groups is 1. The van der Waals surface area contributed by atoms with E-state index in [1.165, 1.54) is 22.7 Å². The Kier molecular flexibility index (Phi) is 6.87. The van der Waals surface area contributed by atoms with Crippen molar-refractivity contribution in [2.45, 2.75) is 25.1 Å². The van der Waals surface area contributed by atoms with Crippen LogP contribution in [-0.4, -0.2) is 30.1 Å². The van der Waals surface area contributed by atoms with Gasteiger partial charge in [0.05, 0.1) is 24.5 Å². The molecule has 0 spiro atoms. The molecule has 0 saturated carbocycles. The smallest absolute Gasteiger partial charge is 0.306 e. The normalized spacial score (nSPS) is 16.0. The van der Waals surface area contributed by atoms with Crippen LogP contribution < -0.4 is 10.2 Å². The Bertz CT molecular complexity index is 921. The van der Waals surface area contributed by atoms with E-state index >= 15 is 0 Å². The molecule has 2 amide bonds. The molecule has 1 aliphatic heterocycles. The number of amides is 2. The number of carbonyl (C=O) groups excluding carboxylic acids is 3. The second-order valence-electron chi connectivity index (χ2n) is 6.36. The molecule has 1 heterocycles. The molecule has 1 fully saturated rings. The van der Waals surface area contributed by atoms with Crippen molar-refractivity contribution in [2.24, 2.45) is 0 Å². The lowest BCUT2D eigenvalue weighted by Crippen LogP contribution is -2.28. The van der Waals surface area contributed by atoms with E-state index in [-0.39, 0.29) is 42.7 Å². The Hall–Kier alpha value is -2.87. The molecule has 0 bridgehead atoms. The van der Waals surface area contributed by atoms with Gasteiger partial charge in [0.25, 0.3) is 0 Å². The van der Waals surface area contributed by atoms with Gasteiger partial charge in [0, 0.05) is 12.1 Å². The van der Waals surface area contributed by atoms with Crippen molar-refractivity contribution in [3.63, 3.8) is 0 Å². The van der Waals surface area contributed by atoms with E-state index in [9.17, 15) is 18.8 Å². The molecular formula is C21H21FN2O4S. The maximum Gasteiger partial charge on any atom is 0.306 e. The molecule has 152 valence electrons. The molecule has 29 heavy (non-hydrogen) atoms. The van der Waals surface area contributed by atoms with E-state index < -0.39 is 17.2 Å². The number of hydrogen-bond donors (Lipinski definition) is 1. The lowest BCUT2D eigenvalue weighted by Gasteiger charge is -2.25. The second kappa shape index (κ2) is 9.56. The maximum absolute atomic E-state index is 14.3. The Morgan fingerprint density at radius 2 is 2.00 bits per heavy atom. The van der Waals surface area contributed by atoms with Gasteiger partial charge >= 0.3 is 5.97 Å². The Labute approximate surface area is 172 Å². The van der Waals surface area contributed by atoms with Gasteiger partial charge in [-0.2, -0.15) is 0 Å². The highest BCUT2D eigenvalue weighted by atomic mass is 32.2. The third-order valence-corrected chi connectivity index (χ3v) is 5.51. The predicted octanol–water partition coefficient (Wildman–Crippen LogP) is 3.89. The van der Waals surface area contributed by atoms with Gasteiger partial charge in [0.1, 0.15) is 11.2 Å². The fraction of sp³-hybridized carbons (Fsp3) is 0.286. The van der Waals surface area contributed by atoms with Gasteiger partial charge in [-0.05, 0) is 36.8 Å². The summed E-state index contributed by atoms with van der Waals surface area (Å²) >= 11 is 1.40. The van der Waals surface area contributed by atoms with Crippen LogP contribution in [0.2, 0.25) is 0 Å². The Morgan fingerprint density at radius 3 is 2.76 bits per heavy atom. The lowest BCUT2D eigenvalue weighted by molar-refractivity contribution is -0.144. The Balaban J connectivity index is 1.73. The number of benzene rings is 2. The minimum atomic E-state index is -0.461. The summed E-state index contributed by atoms with van der Waals surface area (Å²) in [7, 11) is 0. The van der Waals surface area contributed by atoms with Crippen LogP contribution in [0.25, 0.3) is 0 Å². The highest BCUT2D eigenvalue weighted by Crippen LogP contribution is 2.42. The molecule has 3 rings (SSSR count). The summed E-state index contributed by atoms with van der Waals surface area (Å²) in [6.07, 6.45) is 0.0223. The average Bonchev–Trinajstić information content (AvgIpc) is 3.08. The minimum Gasteiger partial charge on any atom is -0.466 e. The molecule has 1 atom stereocenters. The van der Waals surface area contributed by atoms with Crippen molar-refractivity contribution in [3.05, 3.63) is 59.9 Å². The molecule has 0 radical (unpaired) electrons. The van der Waals surface area contributed by atoms with Crippen LogP contribution in [0.4, 0.5) is 15.8 Å². The van der Waals surface area contributed by atoms with E-state index in [4.69, 9.17) is 4.74 Å². The zero-order valence-corrected chi connectivity index (χ0v) is 16.7. The highest BCUT2D eigenvalue weighted by Gasteiger charge is 2.35. The lowest BCUT2D eigenvalue weighted by atomic mass is 10.1. The van der Waals surface area contributed by atoms with Crippen LogP contribution >= 0.6 is 11.8 Å². The predicted molar refractivity (Wildman–Crippen MR) is 110 cm³/mol. The van der Waals surface area contributed by atoms with Gasteiger partial charge in [-0.1, -0.05) is 24.3 Å². The van der Waals surface area contributed by atoms with E-state index in [0.717, 1.165) is 5.56 Å². The number of anilines is 2. The minimum absolute atomic E-state index is 0.00735. The molecule has 2 aromatic rings. The molecule has 0 aromatic heterocycles. The average molecular weight is 416 g/mol. The third-order valence-electron chi connectivity index (χ3n) is 4.30. The maximum atomic E-state index is 14.3. The second-order valence-corrected chi connectivity index (χ2v) is 7.43. The number of hydrogen-bond acceptors (Lipinski definition) is 5. The van der Waals surface area contributed by atoms with E-state index in [2.05, 4.69) is 5.32 Å². The van der Waals surface area contributed by atoms with Crippen LogP contribution in [-0.2, 0) is 19.1 Å². The van der Waals surface area contributed by atoms with Crippen molar-refractivity contribution in [2.75, 3.05) is 22.6 Å². The van der Waals surface area contributed by atoms with Crippen LogP contribution in [0, 0.1) is 5.82 Å². The number of carbonyl (C=O) groups is 3. The topological polar surface area (TPSA) is 75.7 Å². The van der Waals surface area contributed by atoms with Crippen LogP contribution in [0.3, 0.4) is 0 Å². The van der Waals surface area contributed by atoms with Gasteiger partial charge < -0.3 is 10.1 Å². The summed E-state index contributed by atoms with van der Waals surface area (Å²) in [4.78, 5) is 37.3. The quantitative estimate of drug-likeness (QED) is 0.693. The molecule has 6 nitrogen and oxygen atoms in total. The molecule has 0 unspecified atom stereocenters. The molecule has 2 aromatic carbocycles. The van der Waals surface area contributed by atoms with Gasteiger partial charge in [0.15, 0.2) is 0 Å². The molecular weight excluding hydrogens is 395 g/mol. The summed E-state index contributed by atoms with van der Waals surface area (Å²) in [6, 6.07) is 13.2. The zero-order valence-electron chi connectivity index (χ0n) is 15.9. The van der Waals surface area contributed by atoms with E-state index in [1.807, 2.05) is 6.07 Å². The molecule has 1 saturated heterocycles. The van der Waals surface area contributed by atoms with Crippen molar-refractivity contribution in [1.82, 2.24) is 0 Å². The number of nitrogens with one attached hydrogen (secondary N) is 1. The number of para-hydroxylation sites is 1. The van der Waals surface area contributed by atoms with E-state index in [1.54, 1.807) is 43.3 Å². The molecule has 0 aliphatic carbocycles. The van der Waals surface area contributed by atoms with Gasteiger partial charge in [0.2, 0.25) is 11.8 Å². The number of ether oxygens (including phenoxy) is 1. The first kappa shape index (κ1) is 20.9. The largest absolute Gasteiger partial charge is 0.466 e. The first-order valence-corrected chi connectivity index (χ1v) is 10.3. The van der Waals surface area contributed by atoms with Crippen molar-refractivity contribution in [1.29, 1.82) is 0 Å². The molecule has 1 aliphatic rings. The Morgan fingerprint density at radius 1 is 1.21 bits per heavy atom. The summed E-state index contributed by atoms with van der Waals surface area (Å²) < 4.78 is 19.1. The fourth-order valence-corrected chi connectivity index (χ4v) is 4.18. The first-order valence-electron chi connectivity index (χ1n) is 9.23. The first-order chi connectivity index (χ1) is 14.0. The number of esters is 1. The summed E-state index contributed by atoms with van der Waals surface area (Å²) in [5.74, 6) is -1.12. The highest BCUT2D eigenvalue weighted by molar-refractivity contribution is 8.00. The molecule has 1 N–H and O–H groups in total. The number of rotatable bonds is 7.